The van der Waals surface area contributed by atoms with Crippen molar-refractivity contribution in [3.05, 3.63) is 36.0 Å². The molecule has 0 radical (unpaired) electrons. The van der Waals surface area contributed by atoms with Crippen molar-refractivity contribution in [2.45, 2.75) is 12.5 Å². The van der Waals surface area contributed by atoms with Crippen LogP contribution in [0.1, 0.15) is 5.56 Å². The molecule has 20 heavy (non-hydrogen) atoms. The summed E-state index contributed by atoms with van der Waals surface area (Å²) in [6.45, 7) is 0.616. The lowest BCUT2D eigenvalue weighted by molar-refractivity contribution is -0.122. The number of nitrogens with one attached hydrogen (secondary N) is 3. The number of aromatic amines is 1. The third kappa shape index (κ3) is 2.45. The smallest absolute Gasteiger partial charge is 0.407 e. The average molecular weight is 273 g/mol. The Balaban J connectivity index is 1.55. The first-order valence-corrected chi connectivity index (χ1v) is 6.50. The second-order valence-corrected chi connectivity index (χ2v) is 4.70. The van der Waals surface area contributed by atoms with E-state index in [-0.39, 0.29) is 12.5 Å². The SMILES string of the molecule is O=C1NC(C(=O)NCCc2c[nH]c3ccccc23)CO1. The van der Waals surface area contributed by atoms with Crippen LogP contribution in [0.5, 0.6) is 0 Å². The number of cyclic esters (lactones) is 1. The summed E-state index contributed by atoms with van der Waals surface area (Å²) in [4.78, 5) is 25.8. The minimum atomic E-state index is -0.578. The molecule has 1 saturated heterocycles. The van der Waals surface area contributed by atoms with Crippen molar-refractivity contribution in [2.75, 3.05) is 13.2 Å². The first kappa shape index (κ1) is 12.5. The number of aromatic nitrogens is 1. The van der Waals surface area contributed by atoms with E-state index in [9.17, 15) is 9.59 Å². The van der Waals surface area contributed by atoms with E-state index in [1.54, 1.807) is 0 Å². The van der Waals surface area contributed by atoms with E-state index in [1.807, 2.05) is 30.5 Å². The maximum absolute atomic E-state index is 11.8. The van der Waals surface area contributed by atoms with E-state index in [1.165, 1.54) is 5.39 Å². The Morgan fingerprint density at radius 2 is 2.25 bits per heavy atom. The van der Waals surface area contributed by atoms with Gasteiger partial charge in [0.05, 0.1) is 0 Å². The quantitative estimate of drug-likeness (QED) is 0.775. The molecule has 104 valence electrons. The van der Waals surface area contributed by atoms with Gasteiger partial charge < -0.3 is 20.4 Å². The highest BCUT2D eigenvalue weighted by Gasteiger charge is 2.28. The molecule has 6 heteroatoms. The van der Waals surface area contributed by atoms with Crippen molar-refractivity contribution in [1.82, 2.24) is 15.6 Å². The molecule has 1 unspecified atom stereocenters. The molecule has 2 amide bonds. The molecule has 6 nitrogen and oxygen atoms in total. The summed E-state index contributed by atoms with van der Waals surface area (Å²) in [5.74, 6) is -0.212. The first-order valence-electron chi connectivity index (χ1n) is 6.50. The lowest BCUT2D eigenvalue weighted by Gasteiger charge is -2.08. The zero-order chi connectivity index (χ0) is 13.9. The van der Waals surface area contributed by atoms with Crippen molar-refractivity contribution < 1.29 is 14.3 Å². The van der Waals surface area contributed by atoms with Crippen molar-refractivity contribution in [2.24, 2.45) is 0 Å². The molecular formula is C14H15N3O3. The summed E-state index contributed by atoms with van der Waals surface area (Å²) in [5.41, 5.74) is 2.25. The molecule has 1 aliphatic heterocycles. The van der Waals surface area contributed by atoms with Crippen LogP contribution in [0.15, 0.2) is 30.5 Å². The maximum Gasteiger partial charge on any atom is 0.407 e. The van der Waals surface area contributed by atoms with Gasteiger partial charge in [-0.15, -0.1) is 0 Å². The number of rotatable bonds is 4. The molecule has 0 bridgehead atoms. The zero-order valence-electron chi connectivity index (χ0n) is 10.8. The van der Waals surface area contributed by atoms with E-state index in [0.29, 0.717) is 6.54 Å². The van der Waals surface area contributed by atoms with Crippen LogP contribution in [0, 0.1) is 0 Å². The summed E-state index contributed by atoms with van der Waals surface area (Å²) >= 11 is 0. The van der Waals surface area contributed by atoms with E-state index in [2.05, 4.69) is 20.4 Å². The highest BCUT2D eigenvalue weighted by molar-refractivity contribution is 5.88. The highest BCUT2D eigenvalue weighted by atomic mass is 16.6. The molecule has 2 heterocycles. The predicted molar refractivity (Wildman–Crippen MR) is 73.3 cm³/mol. The number of alkyl carbamates (subject to hydrolysis) is 1. The molecule has 3 rings (SSSR count). The Kier molecular flexibility index (Phi) is 3.28. The highest BCUT2D eigenvalue weighted by Crippen LogP contribution is 2.17. The molecule has 1 aromatic carbocycles. The van der Waals surface area contributed by atoms with Crippen LogP contribution in [-0.2, 0) is 16.0 Å². The molecule has 1 fully saturated rings. The Labute approximate surface area is 115 Å². The van der Waals surface area contributed by atoms with Gasteiger partial charge in [-0.1, -0.05) is 18.2 Å². The van der Waals surface area contributed by atoms with Crippen LogP contribution in [-0.4, -0.2) is 36.2 Å². The van der Waals surface area contributed by atoms with Gasteiger partial charge in [-0.25, -0.2) is 4.79 Å². The fraction of sp³-hybridized carbons (Fsp3) is 0.286. The summed E-state index contributed by atoms with van der Waals surface area (Å²) in [6.07, 6.45) is 2.15. The number of H-pyrrole nitrogens is 1. The van der Waals surface area contributed by atoms with Crippen LogP contribution >= 0.6 is 0 Å². The fourth-order valence-corrected chi connectivity index (χ4v) is 2.31. The Bertz CT molecular complexity index is 650. The molecule has 3 N–H and O–H groups in total. The second kappa shape index (κ2) is 5.24. The number of carbonyl (C=O) groups excluding carboxylic acids is 2. The molecule has 0 aliphatic carbocycles. The van der Waals surface area contributed by atoms with Gasteiger partial charge in [0.2, 0.25) is 5.91 Å². The number of amides is 2. The van der Waals surface area contributed by atoms with E-state index in [4.69, 9.17) is 0 Å². The van der Waals surface area contributed by atoms with Crippen LogP contribution in [0.4, 0.5) is 4.79 Å². The molecule has 1 atom stereocenters. The number of para-hydroxylation sites is 1. The lowest BCUT2D eigenvalue weighted by atomic mass is 10.1. The van der Waals surface area contributed by atoms with Crippen molar-refractivity contribution in [3.63, 3.8) is 0 Å². The topological polar surface area (TPSA) is 83.2 Å². The number of fused-ring (bicyclic) bond motifs is 1. The van der Waals surface area contributed by atoms with Gasteiger partial charge in [0.15, 0.2) is 0 Å². The summed E-state index contributed by atoms with van der Waals surface area (Å²) in [7, 11) is 0. The number of hydrogen-bond acceptors (Lipinski definition) is 3. The summed E-state index contributed by atoms with van der Waals surface area (Å²) < 4.78 is 4.68. The number of carbonyl (C=O) groups is 2. The number of hydrogen-bond donors (Lipinski definition) is 3. The van der Waals surface area contributed by atoms with Crippen molar-refractivity contribution in [3.8, 4) is 0 Å². The monoisotopic (exact) mass is 273 g/mol. The van der Waals surface area contributed by atoms with E-state index in [0.717, 1.165) is 17.5 Å². The third-order valence-corrected chi connectivity index (χ3v) is 3.36. The Morgan fingerprint density at radius 1 is 1.40 bits per heavy atom. The van der Waals surface area contributed by atoms with Gasteiger partial charge >= 0.3 is 6.09 Å². The number of ether oxygens (including phenoxy) is 1. The molecule has 0 saturated carbocycles. The van der Waals surface area contributed by atoms with Gasteiger partial charge in [0.1, 0.15) is 12.6 Å². The second-order valence-electron chi connectivity index (χ2n) is 4.70. The zero-order valence-corrected chi connectivity index (χ0v) is 10.8. The van der Waals surface area contributed by atoms with Crippen LogP contribution < -0.4 is 10.6 Å². The minimum absolute atomic E-state index is 0.0950. The van der Waals surface area contributed by atoms with Gasteiger partial charge in [0.25, 0.3) is 0 Å². The predicted octanol–water partition coefficient (Wildman–Crippen LogP) is 0.935. The Hall–Kier alpha value is -2.50. The maximum atomic E-state index is 11.8. The largest absolute Gasteiger partial charge is 0.447 e. The van der Waals surface area contributed by atoms with Gasteiger partial charge in [0, 0.05) is 23.6 Å². The van der Waals surface area contributed by atoms with Crippen LogP contribution in [0.2, 0.25) is 0 Å². The van der Waals surface area contributed by atoms with Crippen LogP contribution in [0.25, 0.3) is 10.9 Å². The van der Waals surface area contributed by atoms with Gasteiger partial charge in [-0.3, -0.25) is 4.79 Å². The minimum Gasteiger partial charge on any atom is -0.447 e. The third-order valence-electron chi connectivity index (χ3n) is 3.36. The fourth-order valence-electron chi connectivity index (χ4n) is 2.31. The molecule has 1 aliphatic rings. The van der Waals surface area contributed by atoms with Gasteiger partial charge in [-0.2, -0.15) is 0 Å². The van der Waals surface area contributed by atoms with E-state index >= 15 is 0 Å². The van der Waals surface area contributed by atoms with Crippen molar-refractivity contribution >= 4 is 22.9 Å². The molecule has 0 spiro atoms. The molecular weight excluding hydrogens is 258 g/mol. The summed E-state index contributed by atoms with van der Waals surface area (Å²) in [6, 6.07) is 7.46. The molecule has 2 aromatic rings. The van der Waals surface area contributed by atoms with Crippen LogP contribution in [0.3, 0.4) is 0 Å². The molecule has 1 aromatic heterocycles. The first-order chi connectivity index (χ1) is 9.74. The number of benzene rings is 1. The average Bonchev–Trinajstić information content (AvgIpc) is 3.06. The van der Waals surface area contributed by atoms with Crippen molar-refractivity contribution in [1.29, 1.82) is 0 Å². The lowest BCUT2D eigenvalue weighted by Crippen LogP contribution is -2.43. The standard InChI is InChI=1S/C14H15N3O3/c18-13(12-8-20-14(19)17-12)15-6-5-9-7-16-11-4-2-1-3-10(9)11/h1-4,7,12,16H,5-6,8H2,(H,15,18)(H,17,19). The normalized spacial score (nSPS) is 17.8. The van der Waals surface area contributed by atoms with E-state index < -0.39 is 12.1 Å². The summed E-state index contributed by atoms with van der Waals surface area (Å²) in [5, 5.41) is 6.41. The Morgan fingerprint density at radius 3 is 3.05 bits per heavy atom. The van der Waals surface area contributed by atoms with Gasteiger partial charge in [-0.05, 0) is 18.1 Å².